The first-order valence-corrected chi connectivity index (χ1v) is 50.1. The van der Waals surface area contributed by atoms with E-state index in [2.05, 4.69) is 81.3 Å². The molecule has 6 aromatic carbocycles. The average molecular weight is 2270 g/mol. The van der Waals surface area contributed by atoms with Crippen molar-refractivity contribution in [2.45, 2.75) is 262 Å². The minimum atomic E-state index is -1.21. The van der Waals surface area contributed by atoms with E-state index in [0.29, 0.717) is 141 Å². The maximum absolute atomic E-state index is 13.3. The molecule has 7 aliphatic rings. The van der Waals surface area contributed by atoms with Crippen molar-refractivity contribution in [1.82, 2.24) is 26.2 Å². The van der Waals surface area contributed by atoms with Gasteiger partial charge in [-0.15, -0.1) is 0 Å². The standard InChI is InChI=1S/C28H43N3O5.C14H18O5.C13H16O5.C11H22N2O2.C10H10O5.C10H10O3.C9H8O3.C6H15N.C2H6O2.CH3I.CH2O3.CH4.2K.H2O.H/c1-17-9-7-10-19(13-17)29-25(32)22-14-18(2)15-23(24(22)35-6)26(33)30-20-11-8-12-21(16-20)31-27(34)36-28(3,4)5;1-9-7-10(13-16-3-4-17-13)12(15-2)11(8-9)14-18-5-6-19-14;1-8-6-9(12-15-2-3-16-12)11(14)10(7-8)13-17-4-5-18-13;1-11(2,3)15-10(14)13-9-6-4-5-8(12)7-9;1-5-3-6(9(11)12)8(15-2)7(4-5)10(13)14;1-7-3-8(5-11)10(13-2)9(4-7)6-12;1-6-2-7(4-10)9(12)8(3-6)5-11;1-4-7(5-2)6-3;3-1-2-4;1-2;2-1-4-3;;;;;/h14-15,17,19-21H,7-13,16H2,1-6H3,(H,29,32)(H,30,33)(H,31,34);7-8,13-14H,3-6H2,1-2H3;6-7,12-14H,2-5H2,1H3;8-9H,4-7,12H2,1-3H3,(H,13,14);3-4H,1-2H3,(H,11,12)(H,13,14);3-6H,1-2H3;2-5,12H,1H3;4-6H2,1-3H3;3-4H,1-2H2;1H3;1,3H;1H4;;;1H2;/q;;;;;;;;;;;;2*+1;;-1/p-1/t17-,19+,20-,21+;;;8-,9+;;;;;;;;;;;;/m1..0............/s1. The summed E-state index contributed by atoms with van der Waals surface area (Å²) < 4.78 is 75.4. The van der Waals surface area contributed by atoms with Gasteiger partial charge in [-0.3, -0.25) is 33.6 Å². The molecule has 0 spiro atoms. The number of methoxy groups -OCH3 is 4. The molecule has 0 aromatic heterocycles. The number of amides is 4. The second-order valence-electron chi connectivity index (χ2n) is 36.4. The van der Waals surface area contributed by atoms with Crippen molar-refractivity contribution in [3.63, 3.8) is 0 Å². The first-order valence-electron chi connectivity index (χ1n) is 47.9. The number of aldehydes is 4. The number of carboxylic acid groups (broad SMARTS) is 2. The minimum absolute atomic E-state index is 0. The van der Waals surface area contributed by atoms with Gasteiger partial charge in [0.25, 0.3) is 18.3 Å². The van der Waals surface area contributed by atoms with Crippen LogP contribution in [-0.4, -0.2) is 269 Å². The van der Waals surface area contributed by atoms with Crippen molar-refractivity contribution in [2.24, 2.45) is 11.7 Å². The topological polar surface area (TPSA) is 580 Å². The third-order valence-corrected chi connectivity index (χ3v) is 22.4. The van der Waals surface area contributed by atoms with E-state index >= 15 is 0 Å². The number of nitrogens with zero attached hydrogens (tertiary/aromatic N) is 1. The van der Waals surface area contributed by atoms with Crippen molar-refractivity contribution in [1.29, 1.82) is 0 Å². The van der Waals surface area contributed by atoms with Crippen LogP contribution in [0.15, 0.2) is 72.8 Å². The van der Waals surface area contributed by atoms with Gasteiger partial charge in [-0.05, 0) is 284 Å². The van der Waals surface area contributed by atoms with Crippen molar-refractivity contribution >= 4 is 90.1 Å². The van der Waals surface area contributed by atoms with E-state index in [1.54, 1.807) is 45.2 Å². The SMILES string of the molecule is C.CC(C)(C)OC(=O)N[C@@H]1CCC[C@H](N)C1.CCN(CC)CC.CI.COc1c(C(=O)N[C@@H]2CCC[C@H](NC(=O)OC(C)(C)C)C2)cc(C)cc1C(=O)N[C@H]1CCC[C@@H](C)C1.COc1c(C(=O)O)cc(C)cc1C(=O)O.COc1c(C2OCCO2)cc(C)cc1C1OCCO1.COc1c(C=O)cc(C)cc1C=O.Cc1cc(C2OCCO2)c(O)c(C2OCCO2)c1.Cc1cc(C=O)c(O)c(C=O)c1.O.O=CO[O-].OCCO.[H-].[K+].[K+]. The Kier molecular flexibility index (Phi) is 73.6. The molecule has 3 aliphatic carbocycles. The van der Waals surface area contributed by atoms with E-state index in [-0.39, 0.29) is 237 Å². The van der Waals surface area contributed by atoms with Crippen molar-refractivity contribution in [3.05, 3.63) is 173 Å². The molecule has 40 nitrogen and oxygen atoms in total. The zero-order chi connectivity index (χ0) is 109. The van der Waals surface area contributed by atoms with Gasteiger partial charge < -0.3 is 146 Å². The zero-order valence-corrected chi connectivity index (χ0v) is 98.3. The van der Waals surface area contributed by atoms with Crippen LogP contribution in [0.3, 0.4) is 0 Å². The molecule has 43 heteroatoms. The smallest absolute Gasteiger partial charge is 1.00 e. The van der Waals surface area contributed by atoms with Crippen LogP contribution in [0.25, 0.3) is 0 Å². The van der Waals surface area contributed by atoms with Gasteiger partial charge in [0.1, 0.15) is 56.8 Å². The van der Waals surface area contributed by atoms with E-state index in [1.165, 1.54) is 71.6 Å². The number of aliphatic hydroxyl groups is 2. The number of aromatic carboxylic acids is 2. The maximum Gasteiger partial charge on any atom is 1.00 e. The van der Waals surface area contributed by atoms with Gasteiger partial charge in [0.15, 0.2) is 50.3 Å². The monoisotopic (exact) mass is 2260 g/mol. The van der Waals surface area contributed by atoms with Crippen molar-refractivity contribution < 1.29 is 270 Å². The number of nitrogens with two attached hydrogens (primary N) is 1. The number of phenolic OH excluding ortho intramolecular Hbond substituents is 2. The molecular weight excluding hydrogens is 2110 g/mol. The summed E-state index contributed by atoms with van der Waals surface area (Å²) in [5.74, 6) is -1.18. The second kappa shape index (κ2) is 76.6. The number of halogens is 1. The molecule has 3 saturated carbocycles. The Morgan fingerprint density at radius 1 is 0.430 bits per heavy atom. The molecule has 6 aromatic rings. The van der Waals surface area contributed by atoms with Gasteiger partial charge in [0.05, 0.1) is 150 Å². The Hall–Kier alpha value is -7.87. The van der Waals surface area contributed by atoms with Gasteiger partial charge in [-0.25, -0.2) is 19.2 Å². The number of hydrogen-bond acceptors (Lipinski definition) is 33. The zero-order valence-electron chi connectivity index (χ0n) is 90.9. The number of alkyl halides is 1. The number of phenols is 2. The molecule has 0 unspecified atom stereocenters. The Bertz CT molecular complexity index is 4870. The number of ether oxygens (including phenoxy) is 14. The summed E-state index contributed by atoms with van der Waals surface area (Å²) in [5, 5.41) is 73.0. The fourth-order valence-electron chi connectivity index (χ4n) is 16.2. The summed E-state index contributed by atoms with van der Waals surface area (Å²) in [5.41, 5.74) is 14.6. The molecule has 4 aliphatic heterocycles. The van der Waals surface area contributed by atoms with Gasteiger partial charge in [-0.2, -0.15) is 0 Å². The number of carbonyl (C=O) groups is 11. The number of aliphatic hydroxyl groups excluding tert-OH is 2. The molecular formula is C106H159IK2N6O34. The molecule has 4 amide bonds. The molecule has 14 N–H and O–H groups in total. The molecule has 6 atom stereocenters. The third-order valence-electron chi connectivity index (χ3n) is 22.4. The predicted molar refractivity (Wildman–Crippen MR) is 558 cm³/mol. The number of benzene rings is 6. The van der Waals surface area contributed by atoms with Crippen molar-refractivity contribution in [3.8, 4) is 34.5 Å². The Balaban J connectivity index is -0.00000167. The van der Waals surface area contributed by atoms with Crippen LogP contribution in [0.5, 0.6) is 34.5 Å². The van der Waals surface area contributed by atoms with Crippen LogP contribution in [-0.2, 0) is 57.1 Å². The van der Waals surface area contributed by atoms with E-state index in [4.69, 9.17) is 103 Å². The summed E-state index contributed by atoms with van der Waals surface area (Å²) in [4.78, 5) is 129. The quantitative estimate of drug-likeness (QED) is 0.00637. The number of aryl methyl sites for hydroxylation is 6. The Morgan fingerprint density at radius 3 is 0.993 bits per heavy atom. The van der Waals surface area contributed by atoms with Crippen LogP contribution in [0.2, 0.25) is 0 Å². The summed E-state index contributed by atoms with van der Waals surface area (Å²) in [7, 11) is 5.80. The summed E-state index contributed by atoms with van der Waals surface area (Å²) in [6, 6.07) is 20.8. The maximum atomic E-state index is 13.3. The van der Waals surface area contributed by atoms with Gasteiger partial charge in [-0.1, -0.05) is 70.6 Å². The molecule has 0 bridgehead atoms. The molecule has 13 rings (SSSR count). The number of aromatic hydroxyl groups is 2. The van der Waals surface area contributed by atoms with Crippen LogP contribution >= 0.6 is 22.6 Å². The fourth-order valence-corrected chi connectivity index (χ4v) is 16.2. The van der Waals surface area contributed by atoms with Crippen LogP contribution in [0.1, 0.15) is 319 Å². The average Bonchev–Trinajstić information content (AvgIpc) is 1.70. The molecule has 4 saturated heterocycles. The summed E-state index contributed by atoms with van der Waals surface area (Å²) in [6.07, 6.45) is 11.3. The number of carboxylic acids is 2. The van der Waals surface area contributed by atoms with E-state index in [1.807, 2.05) is 98.4 Å². The predicted octanol–water partition coefficient (Wildman–Crippen LogP) is 8.64. The van der Waals surface area contributed by atoms with Gasteiger partial charge >= 0.3 is 127 Å². The second-order valence-corrected chi connectivity index (χ2v) is 36.4. The van der Waals surface area contributed by atoms with E-state index in [9.17, 15) is 58.2 Å². The Labute approximate surface area is 976 Å². The summed E-state index contributed by atoms with van der Waals surface area (Å²) in [6.45, 7) is 38.6. The molecule has 0 radical (unpaired) electrons. The molecule has 826 valence electrons. The molecule has 4 heterocycles. The van der Waals surface area contributed by atoms with Gasteiger partial charge in [0.2, 0.25) is 0 Å². The summed E-state index contributed by atoms with van der Waals surface area (Å²) >= 11 is 2.15. The third kappa shape index (κ3) is 51.4. The molecule has 7 fully saturated rings. The van der Waals surface area contributed by atoms with Crippen LogP contribution < -0.4 is 154 Å². The number of rotatable bonds is 25. The fraction of sp³-hybridized carbons (Fsp3) is 0.557. The minimum Gasteiger partial charge on any atom is -1.00 e. The molecule has 149 heavy (non-hydrogen) atoms. The van der Waals surface area contributed by atoms with Crippen LogP contribution in [0.4, 0.5) is 9.59 Å². The van der Waals surface area contributed by atoms with E-state index in [0.717, 1.165) is 109 Å². The number of alkyl carbamates (subject to hydrolysis) is 2. The first kappa shape index (κ1) is 143. The number of hydrogen-bond donors (Lipinski definition) is 11. The number of carbonyl (C=O) groups excluding carboxylic acids is 9. The van der Waals surface area contributed by atoms with Gasteiger partial charge in [0, 0.05) is 30.2 Å². The largest absolute Gasteiger partial charge is 1.00 e. The van der Waals surface area contributed by atoms with Crippen LogP contribution in [0, 0.1) is 47.5 Å². The van der Waals surface area contributed by atoms with E-state index < -0.39 is 41.8 Å². The number of nitrogens with one attached hydrogen (secondary N) is 4. The first-order chi connectivity index (χ1) is 68.9. The normalized spacial score (nSPS) is 17.4. The van der Waals surface area contributed by atoms with Crippen molar-refractivity contribution in [2.75, 3.05) is 119 Å². The Morgan fingerprint density at radius 2 is 0.705 bits per heavy atom.